The number of amides is 1. The summed E-state index contributed by atoms with van der Waals surface area (Å²) in [6, 6.07) is 8.24. The molecule has 0 aromatic heterocycles. The van der Waals surface area contributed by atoms with Crippen LogP contribution in [0.15, 0.2) is 30.3 Å². The van der Waals surface area contributed by atoms with Gasteiger partial charge in [-0.3, -0.25) is 13.9 Å². The summed E-state index contributed by atoms with van der Waals surface area (Å²) in [7, 11) is -4.44. The number of hydrogen-bond acceptors (Lipinski definition) is 5. The molecule has 0 saturated heterocycles. The number of carbonyl (C=O) groups excluding carboxylic acids is 1. The molecule has 5 N–H and O–H groups in total. The summed E-state index contributed by atoms with van der Waals surface area (Å²) in [6.45, 7) is 3.68. The fraction of sp³-hybridized carbons (Fsp3) is 0.529. The first-order valence-electron chi connectivity index (χ1n) is 8.48. The Morgan fingerprint density at radius 1 is 1.23 bits per heavy atom. The Morgan fingerprint density at radius 3 is 2.35 bits per heavy atom. The molecule has 0 fully saturated rings. The van der Waals surface area contributed by atoms with Crippen molar-refractivity contribution in [3.8, 4) is 0 Å². The van der Waals surface area contributed by atoms with Crippen LogP contribution >= 0.6 is 7.60 Å². The molecular weight excluding hydrogens is 359 g/mol. The molecule has 0 spiro atoms. The molecule has 1 aromatic carbocycles. The summed E-state index contributed by atoms with van der Waals surface area (Å²) in [6.07, 6.45) is -0.335. The van der Waals surface area contributed by atoms with Crippen molar-refractivity contribution in [1.82, 2.24) is 5.32 Å². The van der Waals surface area contributed by atoms with Crippen molar-refractivity contribution in [3.05, 3.63) is 35.9 Å². The number of hydrogen-bond donors (Lipinski definition) is 4. The van der Waals surface area contributed by atoms with Gasteiger partial charge < -0.3 is 21.1 Å². The van der Waals surface area contributed by atoms with Crippen LogP contribution in [-0.2, 0) is 13.9 Å². The first-order valence-corrected chi connectivity index (χ1v) is 10.1. The summed E-state index contributed by atoms with van der Waals surface area (Å²) in [5, 5.41) is 11.7. The Hall–Kier alpha value is -1.73. The van der Waals surface area contributed by atoms with Crippen molar-refractivity contribution in [2.45, 2.75) is 45.0 Å². The third-order valence-corrected chi connectivity index (χ3v) is 5.76. The molecule has 1 aromatic rings. The minimum absolute atomic E-state index is 0.0640. The zero-order chi connectivity index (χ0) is 19.7. The fourth-order valence-corrected chi connectivity index (χ4v) is 4.10. The Bertz CT molecular complexity index is 637. The van der Waals surface area contributed by atoms with Crippen LogP contribution in [0.5, 0.6) is 0 Å². The molecule has 0 heterocycles. The van der Waals surface area contributed by atoms with Gasteiger partial charge in [-0.1, -0.05) is 32.0 Å². The fourth-order valence-electron chi connectivity index (χ4n) is 2.38. The molecule has 2 unspecified atom stereocenters. The second-order valence-corrected chi connectivity index (χ2v) is 8.20. The van der Waals surface area contributed by atoms with E-state index in [-0.39, 0.29) is 6.42 Å². The van der Waals surface area contributed by atoms with Crippen molar-refractivity contribution in [2.24, 2.45) is 11.7 Å². The zero-order valence-electron chi connectivity index (χ0n) is 15.0. The van der Waals surface area contributed by atoms with Gasteiger partial charge in [0.05, 0.1) is 0 Å². The minimum atomic E-state index is -4.44. The highest BCUT2D eigenvalue weighted by Gasteiger charge is 2.40. The third-order valence-electron chi connectivity index (χ3n) is 3.77. The van der Waals surface area contributed by atoms with Crippen molar-refractivity contribution >= 4 is 19.5 Å². The number of carboxylic acids is 1. The molecule has 0 aliphatic rings. The standard InChI is InChI=1S/C17H27N2O6P/c1-12(2)16(19-15(20)13-8-4-3-5-9-13)26(23,24)25-14(17(21)22)10-6-7-11-18/h3-5,8-9,12,14,16H,6-7,10-11,18H2,1-2H3,(H,19,20)(H,21,22)(H,23,24)/t14-,16?/m0/s1. The summed E-state index contributed by atoms with van der Waals surface area (Å²) < 4.78 is 17.8. The number of carbonyl (C=O) groups is 2. The van der Waals surface area contributed by atoms with Gasteiger partial charge in [-0.25, -0.2) is 4.79 Å². The van der Waals surface area contributed by atoms with Crippen molar-refractivity contribution in [1.29, 1.82) is 0 Å². The number of benzene rings is 1. The van der Waals surface area contributed by atoms with Crippen LogP contribution in [0.3, 0.4) is 0 Å². The second-order valence-electron chi connectivity index (χ2n) is 6.31. The summed E-state index contributed by atoms with van der Waals surface area (Å²) in [4.78, 5) is 34.0. The van der Waals surface area contributed by atoms with Gasteiger partial charge in [-0.2, -0.15) is 0 Å². The predicted molar refractivity (Wildman–Crippen MR) is 97.8 cm³/mol. The minimum Gasteiger partial charge on any atom is -0.479 e. The van der Waals surface area contributed by atoms with Gasteiger partial charge in [-0.05, 0) is 43.9 Å². The SMILES string of the molecule is CC(C)C(NC(=O)c1ccccc1)P(=O)(O)O[C@@H](CCCCN)C(=O)O. The normalized spacial score (nSPS) is 15.9. The Labute approximate surface area is 153 Å². The highest BCUT2D eigenvalue weighted by atomic mass is 31.2. The molecule has 0 aliphatic carbocycles. The summed E-state index contributed by atoms with van der Waals surface area (Å²) >= 11 is 0. The quantitative estimate of drug-likeness (QED) is 0.338. The zero-order valence-corrected chi connectivity index (χ0v) is 15.9. The van der Waals surface area contributed by atoms with E-state index in [9.17, 15) is 24.2 Å². The van der Waals surface area contributed by atoms with E-state index in [1.807, 2.05) is 0 Å². The molecular formula is C17H27N2O6P. The molecule has 0 aliphatic heterocycles. The van der Waals surface area contributed by atoms with Gasteiger partial charge in [0.15, 0.2) is 6.10 Å². The molecule has 9 heteroatoms. The van der Waals surface area contributed by atoms with E-state index in [4.69, 9.17) is 10.3 Å². The van der Waals surface area contributed by atoms with Crippen LogP contribution in [0.1, 0.15) is 43.5 Å². The molecule has 26 heavy (non-hydrogen) atoms. The molecule has 0 bridgehead atoms. The van der Waals surface area contributed by atoms with Gasteiger partial charge in [-0.15, -0.1) is 0 Å². The monoisotopic (exact) mass is 386 g/mol. The summed E-state index contributed by atoms with van der Waals surface area (Å²) in [5.41, 5.74) is 5.71. The molecule has 1 amide bonds. The first kappa shape index (κ1) is 22.3. The smallest absolute Gasteiger partial charge is 0.351 e. The number of aliphatic carboxylic acids is 1. The number of carboxylic acid groups (broad SMARTS) is 1. The van der Waals surface area contributed by atoms with Gasteiger partial charge in [0, 0.05) is 5.56 Å². The van der Waals surface area contributed by atoms with Crippen LogP contribution in [0.4, 0.5) is 0 Å². The van der Waals surface area contributed by atoms with Crippen molar-refractivity contribution < 1.29 is 28.7 Å². The Balaban J connectivity index is 2.89. The average molecular weight is 386 g/mol. The molecule has 3 atom stereocenters. The van der Waals surface area contributed by atoms with Gasteiger partial charge in [0.25, 0.3) is 5.91 Å². The maximum atomic E-state index is 12.7. The highest BCUT2D eigenvalue weighted by Crippen LogP contribution is 2.50. The average Bonchev–Trinajstić information content (AvgIpc) is 2.58. The topological polar surface area (TPSA) is 139 Å². The molecule has 0 saturated carbocycles. The molecule has 0 radical (unpaired) electrons. The van der Waals surface area contributed by atoms with Gasteiger partial charge >= 0.3 is 13.6 Å². The van der Waals surface area contributed by atoms with Crippen molar-refractivity contribution in [3.63, 3.8) is 0 Å². The molecule has 146 valence electrons. The third kappa shape index (κ3) is 6.88. The van der Waals surface area contributed by atoms with E-state index in [2.05, 4.69) is 5.32 Å². The molecule has 8 nitrogen and oxygen atoms in total. The maximum Gasteiger partial charge on any atom is 0.351 e. The van der Waals surface area contributed by atoms with Gasteiger partial charge in [0.1, 0.15) is 5.78 Å². The largest absolute Gasteiger partial charge is 0.479 e. The van der Waals surface area contributed by atoms with E-state index in [1.165, 1.54) is 0 Å². The lowest BCUT2D eigenvalue weighted by Crippen LogP contribution is -2.40. The maximum absolute atomic E-state index is 12.7. The highest BCUT2D eigenvalue weighted by molar-refractivity contribution is 7.53. The number of nitrogens with two attached hydrogens (primary N) is 1. The van der Waals surface area contributed by atoms with Gasteiger partial charge in [0.2, 0.25) is 0 Å². The van der Waals surface area contributed by atoms with Crippen LogP contribution in [0.2, 0.25) is 0 Å². The van der Waals surface area contributed by atoms with E-state index < -0.39 is 37.3 Å². The Kier molecular flexibility index (Phi) is 8.95. The predicted octanol–water partition coefficient (Wildman–Crippen LogP) is 2.18. The van der Waals surface area contributed by atoms with E-state index >= 15 is 0 Å². The second kappa shape index (κ2) is 10.4. The number of nitrogens with one attached hydrogen (secondary N) is 1. The lowest BCUT2D eigenvalue weighted by Gasteiger charge is -2.28. The lowest BCUT2D eigenvalue weighted by molar-refractivity contribution is -0.145. The number of rotatable bonds is 11. The Morgan fingerprint density at radius 2 is 1.85 bits per heavy atom. The van der Waals surface area contributed by atoms with E-state index in [0.717, 1.165) is 0 Å². The molecule has 1 rings (SSSR count). The van der Waals surface area contributed by atoms with Crippen LogP contribution in [-0.4, -0.2) is 40.3 Å². The van der Waals surface area contributed by atoms with Crippen LogP contribution < -0.4 is 11.1 Å². The lowest BCUT2D eigenvalue weighted by atomic mass is 10.1. The first-order chi connectivity index (χ1) is 12.2. The van der Waals surface area contributed by atoms with E-state index in [1.54, 1.807) is 44.2 Å². The number of unbranched alkanes of at least 4 members (excludes halogenated alkanes) is 1. The van der Waals surface area contributed by atoms with Crippen LogP contribution in [0.25, 0.3) is 0 Å². The summed E-state index contributed by atoms with van der Waals surface area (Å²) in [5.74, 6) is -3.53. The van der Waals surface area contributed by atoms with Crippen LogP contribution in [0, 0.1) is 5.92 Å². The van der Waals surface area contributed by atoms with E-state index in [0.29, 0.717) is 24.9 Å². The van der Waals surface area contributed by atoms with Crippen molar-refractivity contribution in [2.75, 3.05) is 6.54 Å².